The molecule has 2 aromatic rings. The number of pyridine rings is 1. The van der Waals surface area contributed by atoms with Crippen molar-refractivity contribution in [3.8, 4) is 11.5 Å². The monoisotopic (exact) mass is 466 g/mol. The van der Waals surface area contributed by atoms with Crippen LogP contribution in [-0.4, -0.2) is 53.3 Å². The maximum atomic E-state index is 11.7. The van der Waals surface area contributed by atoms with Crippen LogP contribution < -0.4 is 24.8 Å². The zero-order valence-electron chi connectivity index (χ0n) is 18.5. The lowest BCUT2D eigenvalue weighted by Gasteiger charge is -2.37. The fourth-order valence-electron chi connectivity index (χ4n) is 4.34. The Kier molecular flexibility index (Phi) is 7.62. The van der Waals surface area contributed by atoms with E-state index in [2.05, 4.69) is 18.8 Å². The predicted molar refractivity (Wildman–Crippen MR) is 121 cm³/mol. The Bertz CT molecular complexity index is 1050. The SMILES string of the molecule is CCC(CNS(=O)(=O)OC(N)=O)C1CCN(c2ccnc3cc(OC)c(OC)cc23)CC1. The fraction of sp³-hybridized carbons (Fsp3) is 0.524. The van der Waals surface area contributed by atoms with Crippen molar-refractivity contribution in [2.24, 2.45) is 17.6 Å². The quantitative estimate of drug-likeness (QED) is 0.576. The number of hydrogen-bond acceptors (Lipinski definition) is 8. The highest BCUT2D eigenvalue weighted by molar-refractivity contribution is 7.85. The van der Waals surface area contributed by atoms with Crippen LogP contribution in [-0.2, 0) is 14.5 Å². The van der Waals surface area contributed by atoms with Crippen LogP contribution in [0.4, 0.5) is 10.5 Å². The number of primary amides is 1. The van der Waals surface area contributed by atoms with Gasteiger partial charge in [-0.15, -0.1) is 0 Å². The zero-order valence-corrected chi connectivity index (χ0v) is 19.4. The van der Waals surface area contributed by atoms with Gasteiger partial charge < -0.3 is 24.3 Å². The van der Waals surface area contributed by atoms with Crippen LogP contribution in [0.3, 0.4) is 0 Å². The third kappa shape index (κ3) is 5.52. The number of nitrogens with one attached hydrogen (secondary N) is 1. The standard InChI is InChI=1S/C21H30N4O6S/c1-4-14(13-24-32(27,28)31-21(22)26)15-6-9-25(10-7-15)18-5-8-23-17-12-20(30-3)19(29-2)11-16(17)18/h5,8,11-12,14-15,24H,4,6-7,9-10,13H2,1-3H3,(H2,22,26). The third-order valence-electron chi connectivity index (χ3n) is 6.01. The summed E-state index contributed by atoms with van der Waals surface area (Å²) in [5.41, 5.74) is 6.71. The van der Waals surface area contributed by atoms with Crippen LogP contribution in [0.1, 0.15) is 26.2 Å². The normalized spacial score (nSPS) is 16.0. The van der Waals surface area contributed by atoms with Gasteiger partial charge in [0, 0.05) is 43.0 Å². The van der Waals surface area contributed by atoms with Gasteiger partial charge in [0.25, 0.3) is 0 Å². The van der Waals surface area contributed by atoms with E-state index in [0.717, 1.165) is 48.9 Å². The minimum absolute atomic E-state index is 0.127. The lowest BCUT2D eigenvalue weighted by atomic mass is 9.82. The summed E-state index contributed by atoms with van der Waals surface area (Å²) in [7, 11) is -0.969. The highest BCUT2D eigenvalue weighted by Crippen LogP contribution is 2.37. The molecular weight excluding hydrogens is 436 g/mol. The first-order chi connectivity index (χ1) is 15.3. The number of amides is 1. The van der Waals surface area contributed by atoms with Crippen LogP contribution in [0.15, 0.2) is 24.4 Å². The number of rotatable bonds is 9. The molecule has 1 atom stereocenters. The molecular formula is C21H30N4O6S. The summed E-state index contributed by atoms with van der Waals surface area (Å²) in [5, 5.41) is 0.993. The van der Waals surface area contributed by atoms with E-state index in [1.165, 1.54) is 0 Å². The van der Waals surface area contributed by atoms with Crippen LogP contribution >= 0.6 is 0 Å². The number of nitrogens with two attached hydrogens (primary N) is 1. The highest BCUT2D eigenvalue weighted by Gasteiger charge is 2.28. The molecule has 176 valence electrons. The molecule has 1 saturated heterocycles. The number of methoxy groups -OCH3 is 2. The van der Waals surface area contributed by atoms with E-state index in [1.54, 1.807) is 20.4 Å². The van der Waals surface area contributed by atoms with Gasteiger partial charge in [-0.2, -0.15) is 13.1 Å². The molecule has 0 saturated carbocycles. The molecule has 1 amide bonds. The van der Waals surface area contributed by atoms with Gasteiger partial charge in [-0.25, -0.2) is 4.79 Å². The van der Waals surface area contributed by atoms with Crippen LogP contribution in [0.2, 0.25) is 0 Å². The number of ether oxygens (including phenoxy) is 2. The molecule has 11 heteroatoms. The second-order valence-electron chi connectivity index (χ2n) is 7.75. The lowest BCUT2D eigenvalue weighted by molar-refractivity contribution is 0.210. The van der Waals surface area contributed by atoms with Crippen molar-refractivity contribution in [3.05, 3.63) is 24.4 Å². The second-order valence-corrected chi connectivity index (χ2v) is 9.12. The number of hydrogen-bond donors (Lipinski definition) is 2. The summed E-state index contributed by atoms with van der Waals surface area (Å²) in [6.45, 7) is 3.89. The molecule has 0 bridgehead atoms. The number of piperidine rings is 1. The molecule has 3 N–H and O–H groups in total. The van der Waals surface area contributed by atoms with E-state index in [9.17, 15) is 13.2 Å². The smallest absolute Gasteiger partial charge is 0.421 e. The van der Waals surface area contributed by atoms with Crippen molar-refractivity contribution < 1.29 is 26.9 Å². The average molecular weight is 467 g/mol. The third-order valence-corrected chi connectivity index (χ3v) is 6.91. The first kappa shape index (κ1) is 23.9. The minimum Gasteiger partial charge on any atom is -0.493 e. The first-order valence-electron chi connectivity index (χ1n) is 10.5. The van der Waals surface area contributed by atoms with E-state index >= 15 is 0 Å². The molecule has 1 aromatic heterocycles. The number of nitrogens with zero attached hydrogens (tertiary/aromatic N) is 2. The van der Waals surface area contributed by atoms with Crippen molar-refractivity contribution in [2.45, 2.75) is 26.2 Å². The van der Waals surface area contributed by atoms with Gasteiger partial charge in [-0.3, -0.25) is 4.98 Å². The van der Waals surface area contributed by atoms with Crippen LogP contribution in [0, 0.1) is 11.8 Å². The van der Waals surface area contributed by atoms with Crippen LogP contribution in [0.5, 0.6) is 11.5 Å². The fourth-order valence-corrected chi connectivity index (χ4v) is 5.03. The Hall–Kier alpha value is -2.79. The number of fused-ring (bicyclic) bond motifs is 1. The first-order valence-corrected chi connectivity index (χ1v) is 11.9. The van der Waals surface area contributed by atoms with Crippen molar-refractivity contribution in [2.75, 3.05) is 38.8 Å². The van der Waals surface area contributed by atoms with E-state index in [1.807, 2.05) is 25.1 Å². The molecule has 0 spiro atoms. The van der Waals surface area contributed by atoms with Crippen molar-refractivity contribution in [1.29, 1.82) is 0 Å². The molecule has 3 rings (SSSR count). The summed E-state index contributed by atoms with van der Waals surface area (Å²) < 4.78 is 40.8. The van der Waals surface area contributed by atoms with Crippen molar-refractivity contribution in [1.82, 2.24) is 9.71 Å². The van der Waals surface area contributed by atoms with Crippen molar-refractivity contribution >= 4 is 33.0 Å². The Labute approximate surface area is 188 Å². The molecule has 0 aliphatic carbocycles. The molecule has 1 unspecified atom stereocenters. The number of carbonyl (C=O) groups excluding carboxylic acids is 1. The zero-order chi connectivity index (χ0) is 23.3. The van der Waals surface area contributed by atoms with Gasteiger partial charge in [0.05, 0.1) is 19.7 Å². The topological polar surface area (TPSA) is 133 Å². The van der Waals surface area contributed by atoms with Gasteiger partial charge in [-0.1, -0.05) is 13.3 Å². The number of carbonyl (C=O) groups is 1. The van der Waals surface area contributed by atoms with Gasteiger partial charge in [0.1, 0.15) is 0 Å². The number of aromatic nitrogens is 1. The molecule has 1 fully saturated rings. The highest BCUT2D eigenvalue weighted by atomic mass is 32.2. The maximum absolute atomic E-state index is 11.7. The van der Waals surface area contributed by atoms with Crippen LogP contribution in [0.25, 0.3) is 10.9 Å². The molecule has 0 radical (unpaired) electrons. The van der Waals surface area contributed by atoms with Crippen molar-refractivity contribution in [3.63, 3.8) is 0 Å². The van der Waals surface area contributed by atoms with E-state index < -0.39 is 16.4 Å². The summed E-state index contributed by atoms with van der Waals surface area (Å²) in [4.78, 5) is 17.5. The molecule has 32 heavy (non-hydrogen) atoms. The Morgan fingerprint density at radius 1 is 1.25 bits per heavy atom. The predicted octanol–water partition coefficient (Wildman–Crippen LogP) is 2.42. The summed E-state index contributed by atoms with van der Waals surface area (Å²) in [6.07, 6.45) is 3.07. The molecule has 1 aliphatic rings. The van der Waals surface area contributed by atoms with Gasteiger partial charge in [0.15, 0.2) is 11.5 Å². The number of benzene rings is 1. The summed E-state index contributed by atoms with van der Waals surface area (Å²) >= 11 is 0. The van der Waals surface area contributed by atoms with E-state index in [0.29, 0.717) is 17.4 Å². The molecule has 1 aliphatic heterocycles. The maximum Gasteiger partial charge on any atom is 0.421 e. The summed E-state index contributed by atoms with van der Waals surface area (Å²) in [6, 6.07) is 5.82. The van der Waals surface area contributed by atoms with Gasteiger partial charge in [0.2, 0.25) is 0 Å². The largest absolute Gasteiger partial charge is 0.493 e. The summed E-state index contributed by atoms with van der Waals surface area (Å²) in [5.74, 6) is 1.76. The number of anilines is 1. The van der Waals surface area contributed by atoms with E-state index in [-0.39, 0.29) is 12.5 Å². The second kappa shape index (κ2) is 10.2. The Balaban J connectivity index is 1.70. The van der Waals surface area contributed by atoms with Gasteiger partial charge in [-0.05, 0) is 36.8 Å². The molecule has 2 heterocycles. The lowest BCUT2D eigenvalue weighted by Crippen LogP contribution is -2.40. The van der Waals surface area contributed by atoms with E-state index in [4.69, 9.17) is 15.2 Å². The minimum atomic E-state index is -4.18. The Morgan fingerprint density at radius 3 is 2.50 bits per heavy atom. The molecule has 1 aromatic carbocycles. The van der Waals surface area contributed by atoms with Gasteiger partial charge >= 0.3 is 16.4 Å². The average Bonchev–Trinajstić information content (AvgIpc) is 2.77. The molecule has 10 nitrogen and oxygen atoms in total. The Morgan fingerprint density at radius 2 is 1.91 bits per heavy atom.